The van der Waals surface area contributed by atoms with Crippen LogP contribution in [0.4, 0.5) is 4.79 Å². The molecule has 0 saturated carbocycles. The highest BCUT2D eigenvalue weighted by Crippen LogP contribution is 2.22. The minimum Gasteiger partial charge on any atom is -0.483 e. The molecule has 1 heterocycles. The number of aryl methyl sites for hydroxylation is 2. The van der Waals surface area contributed by atoms with Crippen molar-refractivity contribution in [1.82, 2.24) is 15.8 Å². The lowest BCUT2D eigenvalue weighted by Crippen LogP contribution is -2.51. The first-order valence-electron chi connectivity index (χ1n) is 8.20. The van der Waals surface area contributed by atoms with Gasteiger partial charge in [-0.05, 0) is 37.8 Å². The summed E-state index contributed by atoms with van der Waals surface area (Å²) in [5, 5.41) is 0. The summed E-state index contributed by atoms with van der Waals surface area (Å²) < 4.78 is 5.52. The van der Waals surface area contributed by atoms with E-state index in [1.54, 1.807) is 0 Å². The molecule has 0 radical (unpaired) electrons. The van der Waals surface area contributed by atoms with Crippen LogP contribution in [-0.2, 0) is 9.59 Å². The molecule has 0 spiro atoms. The number of likely N-dealkylation sites (tertiary alicyclic amines) is 1. The lowest BCUT2D eigenvalue weighted by molar-refractivity contribution is -0.132. The molecule has 1 aromatic rings. The summed E-state index contributed by atoms with van der Waals surface area (Å²) in [5.41, 5.74) is 11.8. The zero-order valence-electron chi connectivity index (χ0n) is 14.5. The highest BCUT2D eigenvalue weighted by molar-refractivity contribution is 5.84. The van der Waals surface area contributed by atoms with Gasteiger partial charge in [-0.25, -0.2) is 4.79 Å². The molecule has 4 N–H and O–H groups in total. The first kappa shape index (κ1) is 18.6. The number of primary amides is 1. The van der Waals surface area contributed by atoms with Crippen LogP contribution in [0.5, 0.6) is 5.75 Å². The van der Waals surface area contributed by atoms with Crippen molar-refractivity contribution >= 4 is 17.8 Å². The number of amides is 4. The monoisotopic (exact) mass is 348 g/mol. The number of rotatable bonds is 4. The molecule has 1 atom stereocenters. The van der Waals surface area contributed by atoms with Crippen LogP contribution in [0.2, 0.25) is 0 Å². The van der Waals surface area contributed by atoms with E-state index in [9.17, 15) is 14.4 Å². The van der Waals surface area contributed by atoms with Gasteiger partial charge in [0.2, 0.25) is 5.91 Å². The lowest BCUT2D eigenvalue weighted by atomic mass is 9.98. The number of nitrogens with one attached hydrogen (secondary N) is 2. The minimum absolute atomic E-state index is 0.204. The molecular weight excluding hydrogens is 324 g/mol. The van der Waals surface area contributed by atoms with E-state index >= 15 is 0 Å². The first-order chi connectivity index (χ1) is 11.9. The van der Waals surface area contributed by atoms with Gasteiger partial charge in [-0.2, -0.15) is 0 Å². The van der Waals surface area contributed by atoms with Gasteiger partial charge in [0, 0.05) is 13.1 Å². The largest absolute Gasteiger partial charge is 0.483 e. The van der Waals surface area contributed by atoms with Crippen molar-refractivity contribution in [3.63, 3.8) is 0 Å². The maximum atomic E-state index is 12.1. The predicted molar refractivity (Wildman–Crippen MR) is 91.6 cm³/mol. The highest BCUT2D eigenvalue weighted by atomic mass is 16.5. The van der Waals surface area contributed by atoms with Gasteiger partial charge in [0.1, 0.15) is 5.75 Å². The fraction of sp³-hybridized carbons (Fsp3) is 0.471. The number of hydrazine groups is 1. The number of urea groups is 1. The standard InChI is InChI=1S/C17H24N4O4/c1-11-5-3-6-12(2)15(11)25-10-14(22)19-20-16(23)13-7-4-8-21(9-13)17(18)24/h3,5-6,13H,4,7-10H2,1-2H3,(H2,18,24)(H,19,22)(H,20,23)/t13-/m1/s1. The van der Waals surface area contributed by atoms with Crippen molar-refractivity contribution in [3.8, 4) is 5.75 Å². The molecule has 8 heteroatoms. The van der Waals surface area contributed by atoms with Crippen LogP contribution in [-0.4, -0.2) is 42.4 Å². The third-order valence-corrected chi connectivity index (χ3v) is 4.19. The van der Waals surface area contributed by atoms with E-state index in [0.29, 0.717) is 25.1 Å². The second-order valence-electron chi connectivity index (χ2n) is 6.17. The Labute approximate surface area is 146 Å². The van der Waals surface area contributed by atoms with Crippen molar-refractivity contribution in [2.24, 2.45) is 11.7 Å². The summed E-state index contributed by atoms with van der Waals surface area (Å²) in [6, 6.07) is 5.17. The van der Waals surface area contributed by atoms with Crippen LogP contribution in [0.15, 0.2) is 18.2 Å². The second-order valence-corrected chi connectivity index (χ2v) is 6.17. The third-order valence-electron chi connectivity index (χ3n) is 4.19. The van der Waals surface area contributed by atoms with Gasteiger partial charge in [0.25, 0.3) is 5.91 Å². The Bertz CT molecular complexity index is 642. The van der Waals surface area contributed by atoms with Gasteiger partial charge in [0.05, 0.1) is 5.92 Å². The Morgan fingerprint density at radius 2 is 1.92 bits per heavy atom. The van der Waals surface area contributed by atoms with Crippen LogP contribution in [0.3, 0.4) is 0 Å². The molecule has 1 aliphatic heterocycles. The van der Waals surface area contributed by atoms with E-state index < -0.39 is 11.9 Å². The molecule has 0 aliphatic carbocycles. The summed E-state index contributed by atoms with van der Waals surface area (Å²) >= 11 is 0. The van der Waals surface area contributed by atoms with Gasteiger partial charge in [-0.3, -0.25) is 20.4 Å². The first-order valence-corrected chi connectivity index (χ1v) is 8.20. The van der Waals surface area contributed by atoms with E-state index in [-0.39, 0.29) is 25.0 Å². The lowest BCUT2D eigenvalue weighted by Gasteiger charge is -2.30. The van der Waals surface area contributed by atoms with Gasteiger partial charge < -0.3 is 15.4 Å². The van der Waals surface area contributed by atoms with E-state index in [1.807, 2.05) is 32.0 Å². The molecule has 4 amide bonds. The molecule has 136 valence electrons. The number of carbonyl (C=O) groups is 3. The Hall–Kier alpha value is -2.77. The van der Waals surface area contributed by atoms with Crippen molar-refractivity contribution < 1.29 is 19.1 Å². The molecule has 1 fully saturated rings. The minimum atomic E-state index is -0.538. The number of hydrogen-bond donors (Lipinski definition) is 3. The molecule has 25 heavy (non-hydrogen) atoms. The fourth-order valence-corrected chi connectivity index (χ4v) is 2.83. The van der Waals surface area contributed by atoms with Gasteiger partial charge >= 0.3 is 6.03 Å². The van der Waals surface area contributed by atoms with Crippen molar-refractivity contribution in [1.29, 1.82) is 0 Å². The molecule has 0 unspecified atom stereocenters. The van der Waals surface area contributed by atoms with Crippen LogP contribution < -0.4 is 21.3 Å². The summed E-state index contributed by atoms with van der Waals surface area (Å²) in [6.45, 7) is 4.40. The highest BCUT2D eigenvalue weighted by Gasteiger charge is 2.27. The van der Waals surface area contributed by atoms with E-state index in [4.69, 9.17) is 10.5 Å². The maximum Gasteiger partial charge on any atom is 0.314 e. The van der Waals surface area contributed by atoms with Gasteiger partial charge in [-0.1, -0.05) is 18.2 Å². The molecule has 8 nitrogen and oxygen atoms in total. The molecule has 1 aromatic carbocycles. The number of ether oxygens (including phenoxy) is 1. The number of nitrogens with two attached hydrogens (primary N) is 1. The quantitative estimate of drug-likeness (QED) is 0.692. The molecular formula is C17H24N4O4. The zero-order chi connectivity index (χ0) is 18.4. The molecule has 2 rings (SSSR count). The Morgan fingerprint density at radius 3 is 2.56 bits per heavy atom. The topological polar surface area (TPSA) is 114 Å². The number of benzene rings is 1. The maximum absolute atomic E-state index is 12.1. The number of hydrogen-bond acceptors (Lipinski definition) is 4. The van der Waals surface area contributed by atoms with Crippen molar-refractivity contribution in [2.75, 3.05) is 19.7 Å². The van der Waals surface area contributed by atoms with Crippen LogP contribution in [0.25, 0.3) is 0 Å². The van der Waals surface area contributed by atoms with Crippen molar-refractivity contribution in [3.05, 3.63) is 29.3 Å². The fourth-order valence-electron chi connectivity index (χ4n) is 2.83. The number of para-hydroxylation sites is 1. The summed E-state index contributed by atoms with van der Waals surface area (Å²) in [5.74, 6) is -0.528. The molecule has 1 saturated heterocycles. The predicted octanol–water partition coefficient (Wildman–Crippen LogP) is 0.620. The SMILES string of the molecule is Cc1cccc(C)c1OCC(=O)NNC(=O)[C@@H]1CCCN(C(N)=O)C1. The van der Waals surface area contributed by atoms with E-state index in [2.05, 4.69) is 10.9 Å². The molecule has 1 aliphatic rings. The molecule has 0 bridgehead atoms. The van der Waals surface area contributed by atoms with Crippen molar-refractivity contribution in [2.45, 2.75) is 26.7 Å². The van der Waals surface area contributed by atoms with Gasteiger partial charge in [-0.15, -0.1) is 0 Å². The average Bonchev–Trinajstić information content (AvgIpc) is 2.59. The van der Waals surface area contributed by atoms with E-state index in [1.165, 1.54) is 4.90 Å². The van der Waals surface area contributed by atoms with E-state index in [0.717, 1.165) is 11.1 Å². The smallest absolute Gasteiger partial charge is 0.314 e. The zero-order valence-corrected chi connectivity index (χ0v) is 14.5. The second kappa shape index (κ2) is 8.36. The van der Waals surface area contributed by atoms with Gasteiger partial charge in [0.15, 0.2) is 6.61 Å². The normalized spacial score (nSPS) is 16.9. The van der Waals surface area contributed by atoms with Crippen LogP contribution >= 0.6 is 0 Å². The van der Waals surface area contributed by atoms with Crippen LogP contribution in [0.1, 0.15) is 24.0 Å². The number of carbonyl (C=O) groups excluding carboxylic acids is 3. The number of piperidine rings is 1. The van der Waals surface area contributed by atoms with Crippen LogP contribution in [0, 0.1) is 19.8 Å². The third kappa shape index (κ3) is 5.10. The average molecular weight is 348 g/mol. The number of nitrogens with zero attached hydrogens (tertiary/aromatic N) is 1. The Morgan fingerprint density at radius 1 is 1.24 bits per heavy atom. The Kier molecular flexibility index (Phi) is 6.21. The summed E-state index contributed by atoms with van der Waals surface area (Å²) in [4.78, 5) is 36.6. The summed E-state index contributed by atoms with van der Waals surface area (Å²) in [7, 11) is 0. The Balaban J connectivity index is 1.78. The summed E-state index contributed by atoms with van der Waals surface area (Å²) in [6.07, 6.45) is 1.34. The molecule has 0 aromatic heterocycles.